The Morgan fingerprint density at radius 3 is 3.06 bits per heavy atom. The van der Waals surface area contributed by atoms with Crippen molar-refractivity contribution in [2.75, 3.05) is 7.05 Å². The standard InChI is InChI=1S/C12H12BrFN2OS/c1-15-5-12-16-9(7-18-12)6-17-11-3-2-8(13)4-10(11)14/h2-4,7,15H,5-6H2,1H3. The maximum Gasteiger partial charge on any atom is 0.166 e. The number of hydrogen-bond acceptors (Lipinski definition) is 4. The summed E-state index contributed by atoms with van der Waals surface area (Å²) >= 11 is 4.76. The van der Waals surface area contributed by atoms with Crippen LogP contribution in [-0.4, -0.2) is 12.0 Å². The normalized spacial score (nSPS) is 10.6. The number of hydrogen-bond donors (Lipinski definition) is 1. The number of rotatable bonds is 5. The number of benzene rings is 1. The minimum atomic E-state index is -0.380. The molecule has 0 unspecified atom stereocenters. The third-order valence-corrected chi connectivity index (χ3v) is 3.59. The van der Waals surface area contributed by atoms with Gasteiger partial charge in [-0.15, -0.1) is 11.3 Å². The lowest BCUT2D eigenvalue weighted by molar-refractivity contribution is 0.286. The van der Waals surface area contributed by atoms with Gasteiger partial charge in [-0.3, -0.25) is 0 Å². The highest BCUT2D eigenvalue weighted by Crippen LogP contribution is 2.22. The van der Waals surface area contributed by atoms with Crippen molar-refractivity contribution >= 4 is 27.3 Å². The molecule has 1 aromatic carbocycles. The molecule has 0 atom stereocenters. The van der Waals surface area contributed by atoms with E-state index < -0.39 is 0 Å². The zero-order valence-electron chi connectivity index (χ0n) is 9.74. The van der Waals surface area contributed by atoms with Gasteiger partial charge in [0.15, 0.2) is 11.6 Å². The number of halogens is 2. The highest BCUT2D eigenvalue weighted by molar-refractivity contribution is 9.10. The Balaban J connectivity index is 1.97. The zero-order chi connectivity index (χ0) is 13.0. The van der Waals surface area contributed by atoms with Crippen LogP contribution in [0.15, 0.2) is 28.1 Å². The number of thiazole rings is 1. The predicted octanol–water partition coefficient (Wildman–Crippen LogP) is 3.34. The van der Waals surface area contributed by atoms with Gasteiger partial charge in [-0.2, -0.15) is 0 Å². The number of nitrogens with zero attached hydrogens (tertiary/aromatic N) is 1. The first-order valence-electron chi connectivity index (χ1n) is 5.35. The summed E-state index contributed by atoms with van der Waals surface area (Å²) in [6.45, 7) is 1.01. The van der Waals surface area contributed by atoms with Gasteiger partial charge in [-0.1, -0.05) is 15.9 Å². The molecule has 0 amide bonds. The van der Waals surface area contributed by atoms with Crippen LogP contribution in [0.1, 0.15) is 10.7 Å². The van der Waals surface area contributed by atoms with Crippen LogP contribution in [0.25, 0.3) is 0 Å². The van der Waals surface area contributed by atoms with Gasteiger partial charge < -0.3 is 10.1 Å². The van der Waals surface area contributed by atoms with E-state index in [0.717, 1.165) is 17.2 Å². The Labute approximate surface area is 117 Å². The largest absolute Gasteiger partial charge is 0.484 e. The van der Waals surface area contributed by atoms with Crippen molar-refractivity contribution in [2.45, 2.75) is 13.2 Å². The summed E-state index contributed by atoms with van der Waals surface area (Å²) in [6, 6.07) is 4.72. The monoisotopic (exact) mass is 330 g/mol. The summed E-state index contributed by atoms with van der Waals surface area (Å²) in [6.07, 6.45) is 0. The first-order chi connectivity index (χ1) is 8.69. The minimum Gasteiger partial charge on any atom is -0.484 e. The smallest absolute Gasteiger partial charge is 0.166 e. The van der Waals surface area contributed by atoms with E-state index in [4.69, 9.17) is 4.74 Å². The van der Waals surface area contributed by atoms with Crippen molar-refractivity contribution in [3.8, 4) is 5.75 Å². The Hall–Kier alpha value is -0.980. The molecular formula is C12H12BrFN2OS. The van der Waals surface area contributed by atoms with Crippen LogP contribution in [0.3, 0.4) is 0 Å². The highest BCUT2D eigenvalue weighted by Gasteiger charge is 2.06. The van der Waals surface area contributed by atoms with Gasteiger partial charge in [-0.05, 0) is 25.2 Å². The molecule has 0 aliphatic rings. The van der Waals surface area contributed by atoms with Gasteiger partial charge >= 0.3 is 0 Å². The van der Waals surface area contributed by atoms with Crippen molar-refractivity contribution < 1.29 is 9.13 Å². The Morgan fingerprint density at radius 2 is 2.33 bits per heavy atom. The molecule has 0 aliphatic heterocycles. The van der Waals surface area contributed by atoms with E-state index in [2.05, 4.69) is 26.2 Å². The summed E-state index contributed by atoms with van der Waals surface area (Å²) in [5, 5.41) is 5.94. The van der Waals surface area contributed by atoms with Crippen molar-refractivity contribution in [2.24, 2.45) is 0 Å². The molecule has 18 heavy (non-hydrogen) atoms. The van der Waals surface area contributed by atoms with E-state index in [1.165, 1.54) is 6.07 Å². The van der Waals surface area contributed by atoms with E-state index in [1.54, 1.807) is 23.5 Å². The van der Waals surface area contributed by atoms with Crippen molar-refractivity contribution in [3.63, 3.8) is 0 Å². The van der Waals surface area contributed by atoms with Crippen LogP contribution in [0.2, 0.25) is 0 Å². The third-order valence-electron chi connectivity index (χ3n) is 2.20. The molecular weight excluding hydrogens is 319 g/mol. The van der Waals surface area contributed by atoms with Crippen LogP contribution in [0, 0.1) is 5.82 Å². The summed E-state index contributed by atoms with van der Waals surface area (Å²) in [4.78, 5) is 4.36. The van der Waals surface area contributed by atoms with E-state index in [1.807, 2.05) is 12.4 Å². The van der Waals surface area contributed by atoms with Crippen LogP contribution in [-0.2, 0) is 13.2 Å². The maximum absolute atomic E-state index is 13.5. The summed E-state index contributed by atoms with van der Waals surface area (Å²) in [5.74, 6) is -0.142. The minimum absolute atomic E-state index is 0.237. The summed E-state index contributed by atoms with van der Waals surface area (Å²) in [5.41, 5.74) is 0.813. The molecule has 6 heteroatoms. The van der Waals surface area contributed by atoms with Gasteiger partial charge in [0.2, 0.25) is 0 Å². The SMILES string of the molecule is CNCc1nc(COc2ccc(Br)cc2F)cs1. The van der Waals surface area contributed by atoms with Gasteiger partial charge in [-0.25, -0.2) is 9.37 Å². The average molecular weight is 331 g/mol. The van der Waals surface area contributed by atoms with Gasteiger partial charge in [0, 0.05) is 16.4 Å². The van der Waals surface area contributed by atoms with E-state index >= 15 is 0 Å². The second-order valence-corrected chi connectivity index (χ2v) is 5.48. The molecule has 1 aromatic heterocycles. The van der Waals surface area contributed by atoms with E-state index in [-0.39, 0.29) is 18.2 Å². The lowest BCUT2D eigenvalue weighted by atomic mass is 10.3. The van der Waals surface area contributed by atoms with Gasteiger partial charge in [0.1, 0.15) is 11.6 Å². The molecule has 2 aromatic rings. The maximum atomic E-state index is 13.5. The molecule has 1 N–H and O–H groups in total. The molecule has 0 bridgehead atoms. The Kier molecular flexibility index (Phi) is 4.68. The summed E-state index contributed by atoms with van der Waals surface area (Å²) in [7, 11) is 1.87. The van der Waals surface area contributed by atoms with Crippen molar-refractivity contribution in [1.29, 1.82) is 0 Å². The van der Waals surface area contributed by atoms with Crippen LogP contribution < -0.4 is 10.1 Å². The molecule has 0 saturated heterocycles. The predicted molar refractivity (Wildman–Crippen MR) is 73.3 cm³/mol. The number of nitrogens with one attached hydrogen (secondary N) is 1. The number of aromatic nitrogens is 1. The van der Waals surface area contributed by atoms with Gasteiger partial charge in [0.25, 0.3) is 0 Å². The van der Waals surface area contributed by atoms with Crippen LogP contribution in [0.5, 0.6) is 5.75 Å². The van der Waals surface area contributed by atoms with Crippen LogP contribution >= 0.6 is 27.3 Å². The molecule has 0 radical (unpaired) electrons. The third kappa shape index (κ3) is 3.51. The van der Waals surface area contributed by atoms with Gasteiger partial charge in [0.05, 0.1) is 5.69 Å². The van der Waals surface area contributed by atoms with Crippen molar-refractivity contribution in [1.82, 2.24) is 10.3 Å². The fraction of sp³-hybridized carbons (Fsp3) is 0.250. The highest BCUT2D eigenvalue weighted by atomic mass is 79.9. The molecule has 0 spiro atoms. The average Bonchev–Trinajstić information content (AvgIpc) is 2.76. The number of ether oxygens (including phenoxy) is 1. The molecule has 1 heterocycles. The topological polar surface area (TPSA) is 34.2 Å². The molecule has 0 fully saturated rings. The second-order valence-electron chi connectivity index (χ2n) is 3.63. The lowest BCUT2D eigenvalue weighted by Crippen LogP contribution is -2.05. The Morgan fingerprint density at radius 1 is 1.50 bits per heavy atom. The fourth-order valence-electron chi connectivity index (χ4n) is 1.39. The summed E-state index contributed by atoms with van der Waals surface area (Å²) < 4.78 is 19.6. The molecule has 3 nitrogen and oxygen atoms in total. The van der Waals surface area contributed by atoms with Crippen molar-refractivity contribution in [3.05, 3.63) is 44.6 Å². The lowest BCUT2D eigenvalue weighted by Gasteiger charge is -2.05. The first kappa shape index (κ1) is 13.5. The molecule has 2 rings (SSSR count). The zero-order valence-corrected chi connectivity index (χ0v) is 12.1. The van der Waals surface area contributed by atoms with E-state index in [9.17, 15) is 4.39 Å². The van der Waals surface area contributed by atoms with Crippen LogP contribution in [0.4, 0.5) is 4.39 Å². The Bertz CT molecular complexity index is 533. The fourth-order valence-corrected chi connectivity index (χ4v) is 2.52. The quantitative estimate of drug-likeness (QED) is 0.912. The molecule has 0 aliphatic carbocycles. The molecule has 96 valence electrons. The van der Waals surface area contributed by atoms with E-state index in [0.29, 0.717) is 4.47 Å². The second kappa shape index (κ2) is 6.26. The first-order valence-corrected chi connectivity index (χ1v) is 7.02. The molecule has 0 saturated carbocycles.